The molecule has 0 spiro atoms. The highest BCUT2D eigenvalue weighted by molar-refractivity contribution is 5.00. The van der Waals surface area contributed by atoms with Gasteiger partial charge in [0.25, 0.3) is 5.56 Å². The van der Waals surface area contributed by atoms with E-state index in [1.165, 1.54) is 4.57 Å². The molecule has 1 aromatic heterocycles. The van der Waals surface area contributed by atoms with E-state index in [0.717, 1.165) is 6.54 Å². The molecule has 16 heavy (non-hydrogen) atoms. The summed E-state index contributed by atoms with van der Waals surface area (Å²) in [4.78, 5) is 24.7. The highest BCUT2D eigenvalue weighted by Crippen LogP contribution is 1.83. The Labute approximate surface area is 93.3 Å². The van der Waals surface area contributed by atoms with Gasteiger partial charge in [-0.15, -0.1) is 0 Å². The topological polar surface area (TPSA) is 76.1 Å². The monoisotopic (exact) mass is 227 g/mol. The number of hydrogen-bond acceptors (Lipinski definition) is 4. The molecule has 0 saturated heterocycles. The third-order valence-electron chi connectivity index (χ3n) is 2.20. The van der Waals surface area contributed by atoms with Gasteiger partial charge in [-0.1, -0.05) is 0 Å². The van der Waals surface area contributed by atoms with Crippen LogP contribution in [-0.4, -0.2) is 36.4 Å². The van der Waals surface area contributed by atoms with Crippen LogP contribution < -0.4 is 16.6 Å². The predicted molar refractivity (Wildman–Crippen MR) is 60.8 cm³/mol. The molecule has 0 amide bonds. The predicted octanol–water partition coefficient (Wildman–Crippen LogP) is -0.919. The highest BCUT2D eigenvalue weighted by Gasteiger charge is 1.99. The summed E-state index contributed by atoms with van der Waals surface area (Å²) in [7, 11) is 1.64. The summed E-state index contributed by atoms with van der Waals surface area (Å²) in [6.07, 6.45) is 1.57. The standard InChI is InChI=1S/C10H17N3O3/c1-8-7-13(10(15)12-9(8)14)5-3-11-4-6-16-2/h7,11H,3-6H2,1-2H3,(H,12,14,15). The number of nitrogens with zero attached hydrogens (tertiary/aromatic N) is 1. The maximum Gasteiger partial charge on any atom is 0.328 e. The summed E-state index contributed by atoms with van der Waals surface area (Å²) in [5, 5.41) is 3.12. The lowest BCUT2D eigenvalue weighted by Crippen LogP contribution is -2.34. The zero-order valence-electron chi connectivity index (χ0n) is 9.58. The lowest BCUT2D eigenvalue weighted by Gasteiger charge is -2.06. The minimum Gasteiger partial charge on any atom is -0.383 e. The largest absolute Gasteiger partial charge is 0.383 e. The van der Waals surface area contributed by atoms with E-state index in [2.05, 4.69) is 10.3 Å². The van der Waals surface area contributed by atoms with E-state index in [4.69, 9.17) is 4.74 Å². The van der Waals surface area contributed by atoms with Crippen LogP contribution in [0.5, 0.6) is 0 Å². The summed E-state index contributed by atoms with van der Waals surface area (Å²) < 4.78 is 6.36. The molecule has 0 aliphatic rings. The van der Waals surface area contributed by atoms with Gasteiger partial charge >= 0.3 is 5.69 Å². The molecule has 1 rings (SSSR count). The van der Waals surface area contributed by atoms with Crippen LogP contribution in [0.3, 0.4) is 0 Å². The Bertz CT molecular complexity index is 436. The molecule has 2 N–H and O–H groups in total. The second-order valence-electron chi connectivity index (χ2n) is 3.51. The van der Waals surface area contributed by atoms with Gasteiger partial charge < -0.3 is 10.1 Å². The van der Waals surface area contributed by atoms with Gasteiger partial charge in [0.1, 0.15) is 0 Å². The Morgan fingerprint density at radius 3 is 2.88 bits per heavy atom. The molecule has 0 aliphatic carbocycles. The second kappa shape index (κ2) is 6.24. The zero-order valence-corrected chi connectivity index (χ0v) is 9.58. The fraction of sp³-hybridized carbons (Fsp3) is 0.600. The fourth-order valence-electron chi connectivity index (χ4n) is 1.28. The Hall–Kier alpha value is -1.40. The van der Waals surface area contributed by atoms with Crippen LogP contribution in [0.2, 0.25) is 0 Å². The molecule has 0 atom stereocenters. The van der Waals surface area contributed by atoms with Crippen molar-refractivity contribution in [3.8, 4) is 0 Å². The SMILES string of the molecule is COCCNCCn1cc(C)c(=O)[nH]c1=O. The maximum atomic E-state index is 11.4. The Balaban J connectivity index is 2.51. The molecule has 0 radical (unpaired) electrons. The van der Waals surface area contributed by atoms with Crippen molar-refractivity contribution in [2.75, 3.05) is 26.8 Å². The van der Waals surface area contributed by atoms with Crippen molar-refractivity contribution in [3.63, 3.8) is 0 Å². The van der Waals surface area contributed by atoms with Gasteiger partial charge in [-0.2, -0.15) is 0 Å². The first-order valence-electron chi connectivity index (χ1n) is 5.15. The third kappa shape index (κ3) is 3.63. The molecule has 0 aromatic carbocycles. The molecule has 6 heteroatoms. The van der Waals surface area contributed by atoms with Gasteiger partial charge in [0.05, 0.1) is 6.61 Å². The molecule has 1 heterocycles. The van der Waals surface area contributed by atoms with Crippen LogP contribution in [0.25, 0.3) is 0 Å². The van der Waals surface area contributed by atoms with Crippen LogP contribution in [0.15, 0.2) is 15.8 Å². The summed E-state index contributed by atoms with van der Waals surface area (Å²) in [5.41, 5.74) is -0.158. The van der Waals surface area contributed by atoms with Crippen LogP contribution in [0.1, 0.15) is 5.56 Å². The lowest BCUT2D eigenvalue weighted by molar-refractivity contribution is 0.199. The highest BCUT2D eigenvalue weighted by atomic mass is 16.5. The molecular formula is C10H17N3O3. The van der Waals surface area contributed by atoms with Gasteiger partial charge in [-0.25, -0.2) is 4.79 Å². The van der Waals surface area contributed by atoms with Gasteiger partial charge in [0.15, 0.2) is 0 Å². The van der Waals surface area contributed by atoms with Crippen molar-refractivity contribution in [2.24, 2.45) is 0 Å². The number of H-pyrrole nitrogens is 1. The van der Waals surface area contributed by atoms with Crippen LogP contribution in [-0.2, 0) is 11.3 Å². The number of nitrogens with one attached hydrogen (secondary N) is 2. The number of hydrogen-bond donors (Lipinski definition) is 2. The van der Waals surface area contributed by atoms with Gasteiger partial charge in [-0.3, -0.25) is 14.3 Å². The van der Waals surface area contributed by atoms with E-state index in [0.29, 0.717) is 25.3 Å². The van der Waals surface area contributed by atoms with Crippen LogP contribution in [0.4, 0.5) is 0 Å². The van der Waals surface area contributed by atoms with Crippen molar-refractivity contribution in [1.29, 1.82) is 0 Å². The van der Waals surface area contributed by atoms with E-state index in [-0.39, 0.29) is 11.2 Å². The number of aryl methyl sites for hydroxylation is 1. The summed E-state index contributed by atoms with van der Waals surface area (Å²) in [5.74, 6) is 0. The van der Waals surface area contributed by atoms with Gasteiger partial charge in [0, 0.05) is 38.5 Å². The van der Waals surface area contributed by atoms with Gasteiger partial charge in [-0.05, 0) is 6.92 Å². The average molecular weight is 227 g/mol. The summed E-state index contributed by atoms with van der Waals surface area (Å²) in [6, 6.07) is 0. The Morgan fingerprint density at radius 2 is 2.19 bits per heavy atom. The van der Waals surface area contributed by atoms with E-state index >= 15 is 0 Å². The number of aromatic nitrogens is 2. The number of methoxy groups -OCH3 is 1. The quantitative estimate of drug-likeness (QED) is 0.616. The summed E-state index contributed by atoms with van der Waals surface area (Å²) in [6.45, 7) is 4.25. The molecule has 0 unspecified atom stereocenters. The average Bonchev–Trinajstić information content (AvgIpc) is 2.25. The van der Waals surface area contributed by atoms with Crippen LogP contribution in [0, 0.1) is 6.92 Å². The zero-order chi connectivity index (χ0) is 12.0. The first-order chi connectivity index (χ1) is 7.65. The Morgan fingerprint density at radius 1 is 1.44 bits per heavy atom. The number of rotatable bonds is 6. The molecule has 0 saturated carbocycles. The molecule has 0 aliphatic heterocycles. The minimum absolute atomic E-state index is 0.325. The molecule has 6 nitrogen and oxygen atoms in total. The van der Waals surface area contributed by atoms with Crippen molar-refractivity contribution in [3.05, 3.63) is 32.6 Å². The van der Waals surface area contributed by atoms with E-state index in [1.54, 1.807) is 20.2 Å². The molecule has 90 valence electrons. The number of ether oxygens (including phenoxy) is 1. The van der Waals surface area contributed by atoms with E-state index in [1.807, 2.05) is 0 Å². The fourth-order valence-corrected chi connectivity index (χ4v) is 1.28. The van der Waals surface area contributed by atoms with E-state index < -0.39 is 0 Å². The van der Waals surface area contributed by atoms with Crippen molar-refractivity contribution < 1.29 is 4.74 Å². The molecular weight excluding hydrogens is 210 g/mol. The molecule has 1 aromatic rings. The van der Waals surface area contributed by atoms with Crippen molar-refractivity contribution in [1.82, 2.24) is 14.9 Å². The first-order valence-corrected chi connectivity index (χ1v) is 5.15. The summed E-state index contributed by atoms with van der Waals surface area (Å²) >= 11 is 0. The minimum atomic E-state index is -0.371. The first kappa shape index (κ1) is 12.7. The Kier molecular flexibility index (Phi) is 4.94. The number of aromatic amines is 1. The van der Waals surface area contributed by atoms with Crippen molar-refractivity contribution >= 4 is 0 Å². The lowest BCUT2D eigenvalue weighted by atomic mass is 10.4. The third-order valence-corrected chi connectivity index (χ3v) is 2.20. The van der Waals surface area contributed by atoms with Crippen LogP contribution >= 0.6 is 0 Å². The van der Waals surface area contributed by atoms with Gasteiger partial charge in [0.2, 0.25) is 0 Å². The van der Waals surface area contributed by atoms with E-state index in [9.17, 15) is 9.59 Å². The maximum absolute atomic E-state index is 11.4. The normalized spacial score (nSPS) is 10.6. The molecule has 0 fully saturated rings. The van der Waals surface area contributed by atoms with Crippen molar-refractivity contribution in [2.45, 2.75) is 13.5 Å². The second-order valence-corrected chi connectivity index (χ2v) is 3.51. The molecule has 0 bridgehead atoms. The smallest absolute Gasteiger partial charge is 0.328 e.